The monoisotopic (exact) mass is 338 g/mol. The molecular weight excluding hydrogens is 325 g/mol. The maximum absolute atomic E-state index is 12.9. The first-order valence-corrected chi connectivity index (χ1v) is 6.96. The average molecular weight is 338 g/mol. The Morgan fingerprint density at radius 3 is 2.43 bits per heavy atom. The van der Waals surface area contributed by atoms with Gasteiger partial charge in [0.05, 0.1) is 17.0 Å². The molecule has 23 heavy (non-hydrogen) atoms. The SMILES string of the molecule is C/C(=N\NC(=S)Nc1ccccc1C(F)(F)F)c1ccncc1. The highest BCUT2D eigenvalue weighted by atomic mass is 32.1. The molecule has 0 aliphatic rings. The van der Waals surface area contributed by atoms with Crippen LogP contribution in [0.3, 0.4) is 0 Å². The highest BCUT2D eigenvalue weighted by Crippen LogP contribution is 2.34. The predicted octanol–water partition coefficient (Wildman–Crippen LogP) is 3.81. The maximum Gasteiger partial charge on any atom is 0.418 e. The molecule has 0 saturated heterocycles. The number of halogens is 3. The van der Waals surface area contributed by atoms with E-state index < -0.39 is 11.7 Å². The first-order chi connectivity index (χ1) is 10.9. The lowest BCUT2D eigenvalue weighted by molar-refractivity contribution is -0.136. The topological polar surface area (TPSA) is 49.3 Å². The molecule has 0 spiro atoms. The molecule has 0 fully saturated rings. The predicted molar refractivity (Wildman–Crippen MR) is 87.2 cm³/mol. The molecule has 0 aliphatic heterocycles. The van der Waals surface area contributed by atoms with Crippen molar-refractivity contribution in [1.82, 2.24) is 10.4 Å². The van der Waals surface area contributed by atoms with Crippen molar-refractivity contribution in [2.45, 2.75) is 13.1 Å². The van der Waals surface area contributed by atoms with Crippen molar-refractivity contribution >= 4 is 28.7 Å². The quantitative estimate of drug-likeness (QED) is 0.508. The summed E-state index contributed by atoms with van der Waals surface area (Å²) in [5, 5.41) is 6.51. The molecule has 1 aromatic heterocycles. The first kappa shape index (κ1) is 16.9. The lowest BCUT2D eigenvalue weighted by Gasteiger charge is -2.14. The Morgan fingerprint density at radius 1 is 1.13 bits per heavy atom. The summed E-state index contributed by atoms with van der Waals surface area (Å²) in [6.07, 6.45) is -1.23. The zero-order valence-corrected chi connectivity index (χ0v) is 12.9. The number of nitrogens with one attached hydrogen (secondary N) is 2. The van der Waals surface area contributed by atoms with Crippen LogP contribution in [0.4, 0.5) is 18.9 Å². The van der Waals surface area contributed by atoms with Gasteiger partial charge in [-0.1, -0.05) is 12.1 Å². The third kappa shape index (κ3) is 4.75. The van der Waals surface area contributed by atoms with Crippen molar-refractivity contribution in [3.63, 3.8) is 0 Å². The van der Waals surface area contributed by atoms with E-state index in [-0.39, 0.29) is 10.8 Å². The van der Waals surface area contributed by atoms with Crippen LogP contribution in [-0.4, -0.2) is 15.8 Å². The van der Waals surface area contributed by atoms with E-state index in [1.807, 2.05) is 0 Å². The molecule has 0 saturated carbocycles. The lowest BCUT2D eigenvalue weighted by Crippen LogP contribution is -2.26. The molecule has 0 unspecified atom stereocenters. The maximum atomic E-state index is 12.9. The molecule has 2 N–H and O–H groups in total. The lowest BCUT2D eigenvalue weighted by atomic mass is 10.2. The van der Waals surface area contributed by atoms with Gasteiger partial charge < -0.3 is 5.32 Å². The Labute approximate surface area is 136 Å². The molecule has 0 atom stereocenters. The number of nitrogens with zero attached hydrogens (tertiary/aromatic N) is 2. The number of thiocarbonyl (C=S) groups is 1. The average Bonchev–Trinajstić information content (AvgIpc) is 2.53. The van der Waals surface area contributed by atoms with Crippen molar-refractivity contribution in [3.8, 4) is 0 Å². The third-order valence-electron chi connectivity index (χ3n) is 2.90. The Morgan fingerprint density at radius 2 is 1.78 bits per heavy atom. The van der Waals surface area contributed by atoms with Gasteiger partial charge in [-0.2, -0.15) is 18.3 Å². The molecule has 4 nitrogen and oxygen atoms in total. The molecule has 0 radical (unpaired) electrons. The summed E-state index contributed by atoms with van der Waals surface area (Å²) in [7, 11) is 0. The zero-order chi connectivity index (χ0) is 16.9. The number of alkyl halides is 3. The Balaban J connectivity index is 2.07. The summed E-state index contributed by atoms with van der Waals surface area (Å²) in [5.41, 5.74) is 3.06. The largest absolute Gasteiger partial charge is 0.418 e. The van der Waals surface area contributed by atoms with Crippen molar-refractivity contribution in [3.05, 3.63) is 59.9 Å². The van der Waals surface area contributed by atoms with Crippen LogP contribution in [0, 0.1) is 0 Å². The van der Waals surface area contributed by atoms with Crippen LogP contribution in [0.1, 0.15) is 18.1 Å². The van der Waals surface area contributed by atoms with E-state index in [4.69, 9.17) is 12.2 Å². The van der Waals surface area contributed by atoms with Gasteiger partial charge >= 0.3 is 6.18 Å². The fraction of sp³-hybridized carbons (Fsp3) is 0.133. The summed E-state index contributed by atoms with van der Waals surface area (Å²) >= 11 is 4.98. The minimum absolute atomic E-state index is 0.0323. The van der Waals surface area contributed by atoms with Gasteiger partial charge in [-0.15, -0.1) is 0 Å². The second kappa shape index (κ2) is 7.19. The van der Waals surface area contributed by atoms with Crippen LogP contribution in [-0.2, 0) is 6.18 Å². The van der Waals surface area contributed by atoms with E-state index in [0.717, 1.165) is 11.6 Å². The van der Waals surface area contributed by atoms with Crippen LogP contribution >= 0.6 is 12.2 Å². The summed E-state index contributed by atoms with van der Waals surface area (Å²) in [6.45, 7) is 1.74. The molecule has 2 aromatic rings. The number of hydrogen-bond acceptors (Lipinski definition) is 3. The number of para-hydroxylation sites is 1. The van der Waals surface area contributed by atoms with E-state index in [9.17, 15) is 13.2 Å². The summed E-state index contributed by atoms with van der Waals surface area (Å²) < 4.78 is 38.7. The second-order valence-corrected chi connectivity index (χ2v) is 4.95. The Hall–Kier alpha value is -2.48. The van der Waals surface area contributed by atoms with Gasteiger partial charge in [0.25, 0.3) is 0 Å². The minimum Gasteiger partial charge on any atom is -0.331 e. The van der Waals surface area contributed by atoms with Gasteiger partial charge in [0.2, 0.25) is 0 Å². The fourth-order valence-corrected chi connectivity index (χ4v) is 1.94. The van der Waals surface area contributed by atoms with Crippen molar-refractivity contribution in [2.75, 3.05) is 5.32 Å². The van der Waals surface area contributed by atoms with Gasteiger partial charge in [-0.25, -0.2) is 0 Å². The molecule has 1 heterocycles. The Kier molecular flexibility index (Phi) is 5.28. The third-order valence-corrected chi connectivity index (χ3v) is 3.10. The van der Waals surface area contributed by atoms with E-state index in [0.29, 0.717) is 5.71 Å². The molecule has 0 aliphatic carbocycles. The van der Waals surface area contributed by atoms with E-state index in [1.54, 1.807) is 31.5 Å². The van der Waals surface area contributed by atoms with Crippen molar-refractivity contribution in [2.24, 2.45) is 5.10 Å². The number of aromatic nitrogens is 1. The van der Waals surface area contributed by atoms with Crippen molar-refractivity contribution < 1.29 is 13.2 Å². The molecule has 0 bridgehead atoms. The smallest absolute Gasteiger partial charge is 0.331 e. The van der Waals surface area contributed by atoms with Crippen LogP contribution in [0.25, 0.3) is 0 Å². The molecule has 0 amide bonds. The van der Waals surface area contributed by atoms with Crippen LogP contribution in [0.2, 0.25) is 0 Å². The van der Waals surface area contributed by atoms with E-state index in [1.165, 1.54) is 18.2 Å². The molecule has 2 rings (SSSR count). The molecule has 1 aromatic carbocycles. The van der Waals surface area contributed by atoms with Crippen LogP contribution < -0.4 is 10.7 Å². The van der Waals surface area contributed by atoms with Crippen LogP contribution in [0.15, 0.2) is 53.9 Å². The first-order valence-electron chi connectivity index (χ1n) is 6.56. The van der Waals surface area contributed by atoms with Gasteiger partial charge in [-0.05, 0) is 43.4 Å². The molecule has 8 heteroatoms. The standard InChI is InChI=1S/C15H13F3N4S/c1-10(11-6-8-19-9-7-11)21-22-14(23)20-13-5-3-2-4-12(13)15(16,17)18/h2-9H,1H3,(H2,20,22,23)/b21-10+. The second-order valence-electron chi connectivity index (χ2n) is 4.54. The minimum atomic E-state index is -4.46. The molecular formula is C15H13F3N4S. The van der Waals surface area contributed by atoms with Gasteiger partial charge in [0.1, 0.15) is 0 Å². The van der Waals surface area contributed by atoms with Gasteiger partial charge in [0, 0.05) is 18.0 Å². The normalized spacial score (nSPS) is 11.9. The van der Waals surface area contributed by atoms with Crippen LogP contribution in [0.5, 0.6) is 0 Å². The number of hydrogen-bond donors (Lipinski definition) is 2. The molecule has 120 valence electrons. The van der Waals surface area contributed by atoms with Gasteiger partial charge in [0.15, 0.2) is 5.11 Å². The van der Waals surface area contributed by atoms with Gasteiger partial charge in [-0.3, -0.25) is 10.4 Å². The number of rotatable bonds is 3. The Bertz CT molecular complexity index is 714. The summed E-state index contributed by atoms with van der Waals surface area (Å²) in [6, 6.07) is 8.61. The summed E-state index contributed by atoms with van der Waals surface area (Å²) in [4.78, 5) is 3.89. The fourth-order valence-electron chi connectivity index (χ4n) is 1.78. The number of benzene rings is 1. The van der Waals surface area contributed by atoms with E-state index >= 15 is 0 Å². The zero-order valence-electron chi connectivity index (χ0n) is 12.1. The van der Waals surface area contributed by atoms with E-state index in [2.05, 4.69) is 20.8 Å². The number of pyridine rings is 1. The highest BCUT2D eigenvalue weighted by molar-refractivity contribution is 7.80. The number of anilines is 1. The number of hydrazone groups is 1. The summed E-state index contributed by atoms with van der Waals surface area (Å²) in [5.74, 6) is 0. The highest BCUT2D eigenvalue weighted by Gasteiger charge is 2.33. The van der Waals surface area contributed by atoms with Crippen molar-refractivity contribution in [1.29, 1.82) is 0 Å².